The lowest BCUT2D eigenvalue weighted by Crippen LogP contribution is -2.43. The second-order valence-corrected chi connectivity index (χ2v) is 5.39. The molecule has 0 aromatic carbocycles. The van der Waals surface area contributed by atoms with Gasteiger partial charge in [-0.15, -0.1) is 11.3 Å². The summed E-state index contributed by atoms with van der Waals surface area (Å²) >= 11 is 5.30. The lowest BCUT2D eigenvalue weighted by atomic mass is 9.70. The third kappa shape index (κ3) is 1.34. The second-order valence-electron chi connectivity index (χ2n) is 3.53. The Balaban J connectivity index is 2.12. The molecule has 0 amide bonds. The summed E-state index contributed by atoms with van der Waals surface area (Å²) in [6.45, 7) is 2.24. The summed E-state index contributed by atoms with van der Waals surface area (Å²) in [6.07, 6.45) is 1.16. The molecule has 1 nitrogen and oxygen atoms in total. The summed E-state index contributed by atoms with van der Waals surface area (Å²) in [4.78, 5) is 1.48. The van der Waals surface area contributed by atoms with E-state index in [4.69, 9.17) is 5.73 Å². The van der Waals surface area contributed by atoms with Crippen LogP contribution in [0, 0.1) is 5.92 Å². The zero-order chi connectivity index (χ0) is 8.72. The predicted octanol–water partition coefficient (Wildman–Crippen LogP) is 2.96. The van der Waals surface area contributed by atoms with Crippen molar-refractivity contribution in [3.63, 3.8) is 0 Å². The Labute approximate surface area is 85.1 Å². The van der Waals surface area contributed by atoms with E-state index in [0.717, 1.165) is 12.3 Å². The molecule has 3 atom stereocenters. The second kappa shape index (κ2) is 3.13. The maximum atomic E-state index is 5.85. The summed E-state index contributed by atoms with van der Waals surface area (Å²) in [7, 11) is 0. The molecule has 2 N–H and O–H groups in total. The van der Waals surface area contributed by atoms with E-state index in [9.17, 15) is 0 Å². The highest BCUT2D eigenvalue weighted by Crippen LogP contribution is 2.44. The number of rotatable bonds is 1. The van der Waals surface area contributed by atoms with Gasteiger partial charge in [0.1, 0.15) is 0 Å². The predicted molar refractivity (Wildman–Crippen MR) is 56.5 cm³/mol. The van der Waals surface area contributed by atoms with Crippen molar-refractivity contribution in [2.24, 2.45) is 11.7 Å². The fourth-order valence-corrected chi connectivity index (χ4v) is 3.40. The van der Waals surface area contributed by atoms with Gasteiger partial charge in [0.15, 0.2) is 0 Å². The number of halogens is 1. The van der Waals surface area contributed by atoms with E-state index in [0.29, 0.717) is 12.0 Å². The highest BCUT2D eigenvalue weighted by Gasteiger charge is 2.36. The van der Waals surface area contributed by atoms with Crippen LogP contribution < -0.4 is 5.73 Å². The minimum atomic E-state index is 0.427. The molecule has 12 heavy (non-hydrogen) atoms. The van der Waals surface area contributed by atoms with Crippen LogP contribution in [-0.4, -0.2) is 6.04 Å². The van der Waals surface area contributed by atoms with Crippen molar-refractivity contribution in [3.05, 3.63) is 20.8 Å². The summed E-state index contributed by atoms with van der Waals surface area (Å²) in [5, 5.41) is 2.14. The van der Waals surface area contributed by atoms with E-state index in [1.54, 1.807) is 0 Å². The third-order valence-electron chi connectivity index (χ3n) is 2.79. The maximum absolute atomic E-state index is 5.85. The van der Waals surface area contributed by atoms with Gasteiger partial charge >= 0.3 is 0 Å². The first-order chi connectivity index (χ1) is 5.68. The fraction of sp³-hybridized carbons (Fsp3) is 0.556. The molecule has 1 fully saturated rings. The van der Waals surface area contributed by atoms with E-state index in [1.165, 1.54) is 9.35 Å². The first-order valence-corrected chi connectivity index (χ1v) is 5.85. The Bertz CT molecular complexity index is 284. The van der Waals surface area contributed by atoms with Crippen LogP contribution in [0.25, 0.3) is 0 Å². The molecule has 0 radical (unpaired) electrons. The summed E-state index contributed by atoms with van der Waals surface area (Å²) < 4.78 is 1.20. The van der Waals surface area contributed by atoms with Gasteiger partial charge in [0.2, 0.25) is 0 Å². The van der Waals surface area contributed by atoms with E-state index in [2.05, 4.69) is 34.3 Å². The van der Waals surface area contributed by atoms with Crippen LogP contribution in [0.1, 0.15) is 24.1 Å². The van der Waals surface area contributed by atoms with Crippen LogP contribution in [0.4, 0.5) is 0 Å². The van der Waals surface area contributed by atoms with Gasteiger partial charge in [0, 0.05) is 20.8 Å². The Morgan fingerprint density at radius 3 is 2.83 bits per heavy atom. The molecule has 2 rings (SSSR count). The van der Waals surface area contributed by atoms with Crippen LogP contribution in [0.5, 0.6) is 0 Å². The number of hydrogen-bond acceptors (Lipinski definition) is 2. The van der Waals surface area contributed by atoms with Gasteiger partial charge in [-0.05, 0) is 40.3 Å². The van der Waals surface area contributed by atoms with Gasteiger partial charge in [0.05, 0.1) is 0 Å². The van der Waals surface area contributed by atoms with Gasteiger partial charge in [-0.2, -0.15) is 0 Å². The molecular weight excluding hydrogens is 234 g/mol. The van der Waals surface area contributed by atoms with Crippen molar-refractivity contribution in [2.75, 3.05) is 0 Å². The van der Waals surface area contributed by atoms with Crippen LogP contribution in [0.2, 0.25) is 0 Å². The van der Waals surface area contributed by atoms with Gasteiger partial charge in [-0.1, -0.05) is 6.92 Å². The molecule has 1 heterocycles. The molecule has 1 aliphatic carbocycles. The summed E-state index contributed by atoms with van der Waals surface area (Å²) in [5.41, 5.74) is 5.85. The molecular formula is C9H12BrNS. The Morgan fingerprint density at radius 1 is 1.67 bits per heavy atom. The van der Waals surface area contributed by atoms with Crippen molar-refractivity contribution in [2.45, 2.75) is 25.3 Å². The molecule has 1 saturated carbocycles. The molecule has 3 heteroatoms. The molecule has 1 aliphatic rings. The fourth-order valence-electron chi connectivity index (χ4n) is 1.72. The van der Waals surface area contributed by atoms with Crippen LogP contribution in [-0.2, 0) is 0 Å². The van der Waals surface area contributed by atoms with Crippen LogP contribution >= 0.6 is 27.3 Å². The molecule has 0 saturated heterocycles. The Morgan fingerprint density at radius 2 is 2.42 bits per heavy atom. The standard InChI is InChI=1S/C9H12BrNS/c1-5-7(3-8(5)11)9-2-6(10)4-12-9/h2,4-5,7-8H,3,11H2,1H3. The van der Waals surface area contributed by atoms with Crippen molar-refractivity contribution >= 4 is 27.3 Å². The Hall–Kier alpha value is 0.140. The van der Waals surface area contributed by atoms with Crippen LogP contribution in [0.15, 0.2) is 15.9 Å². The zero-order valence-electron chi connectivity index (χ0n) is 6.96. The number of nitrogens with two attached hydrogens (primary N) is 1. The van der Waals surface area contributed by atoms with Gasteiger partial charge in [-0.25, -0.2) is 0 Å². The summed E-state index contributed by atoms with van der Waals surface area (Å²) in [6, 6.07) is 2.65. The highest BCUT2D eigenvalue weighted by molar-refractivity contribution is 9.10. The summed E-state index contributed by atoms with van der Waals surface area (Å²) in [5.74, 6) is 1.38. The van der Waals surface area contributed by atoms with E-state index in [1.807, 2.05) is 11.3 Å². The van der Waals surface area contributed by atoms with Crippen molar-refractivity contribution in [3.8, 4) is 0 Å². The first-order valence-electron chi connectivity index (χ1n) is 4.18. The third-order valence-corrected chi connectivity index (χ3v) is 4.61. The highest BCUT2D eigenvalue weighted by atomic mass is 79.9. The van der Waals surface area contributed by atoms with Crippen molar-refractivity contribution < 1.29 is 0 Å². The smallest absolute Gasteiger partial charge is 0.0285 e. The molecule has 1 aromatic rings. The average Bonchev–Trinajstić information content (AvgIpc) is 2.46. The van der Waals surface area contributed by atoms with Gasteiger partial charge in [0.25, 0.3) is 0 Å². The Kier molecular flexibility index (Phi) is 2.27. The normalized spacial score (nSPS) is 34.8. The van der Waals surface area contributed by atoms with E-state index in [-0.39, 0.29) is 0 Å². The van der Waals surface area contributed by atoms with Crippen LogP contribution in [0.3, 0.4) is 0 Å². The van der Waals surface area contributed by atoms with E-state index >= 15 is 0 Å². The molecule has 1 aromatic heterocycles. The zero-order valence-corrected chi connectivity index (χ0v) is 9.36. The topological polar surface area (TPSA) is 26.0 Å². The SMILES string of the molecule is CC1C(N)CC1c1cc(Br)cs1. The lowest BCUT2D eigenvalue weighted by Gasteiger charge is -2.39. The van der Waals surface area contributed by atoms with Gasteiger partial charge in [-0.3, -0.25) is 0 Å². The van der Waals surface area contributed by atoms with E-state index < -0.39 is 0 Å². The maximum Gasteiger partial charge on any atom is 0.0285 e. The monoisotopic (exact) mass is 245 g/mol. The number of hydrogen-bond donors (Lipinski definition) is 1. The molecule has 0 spiro atoms. The van der Waals surface area contributed by atoms with Crippen molar-refractivity contribution in [1.82, 2.24) is 0 Å². The molecule has 0 aliphatic heterocycles. The average molecular weight is 246 g/mol. The minimum Gasteiger partial charge on any atom is -0.327 e. The number of thiophene rings is 1. The first kappa shape index (κ1) is 8.73. The quantitative estimate of drug-likeness (QED) is 0.810. The lowest BCUT2D eigenvalue weighted by molar-refractivity contribution is 0.230. The molecule has 66 valence electrons. The van der Waals surface area contributed by atoms with Gasteiger partial charge < -0.3 is 5.73 Å². The molecule has 0 bridgehead atoms. The molecule has 3 unspecified atom stereocenters. The minimum absolute atomic E-state index is 0.427. The van der Waals surface area contributed by atoms with Crippen molar-refractivity contribution in [1.29, 1.82) is 0 Å². The largest absolute Gasteiger partial charge is 0.327 e.